The van der Waals surface area contributed by atoms with Crippen molar-refractivity contribution >= 4 is 28.3 Å². The molecule has 3 aromatic carbocycles. The number of hydrogen-bond donors (Lipinski definition) is 0. The Morgan fingerprint density at radius 1 is 0.909 bits per heavy atom. The van der Waals surface area contributed by atoms with Crippen molar-refractivity contribution in [3.63, 3.8) is 0 Å². The Morgan fingerprint density at radius 2 is 1.55 bits per heavy atom. The van der Waals surface area contributed by atoms with Gasteiger partial charge in [-0.3, -0.25) is 9.59 Å². The van der Waals surface area contributed by atoms with Crippen molar-refractivity contribution in [1.29, 1.82) is 0 Å². The Labute approximate surface area is 194 Å². The number of benzene rings is 3. The second-order valence-corrected chi connectivity index (χ2v) is 8.28. The maximum atomic E-state index is 13.4. The van der Waals surface area contributed by atoms with Crippen LogP contribution in [0.25, 0.3) is 10.8 Å². The molecule has 0 saturated carbocycles. The summed E-state index contributed by atoms with van der Waals surface area (Å²) in [5.74, 6) is 1.12. The van der Waals surface area contributed by atoms with Crippen LogP contribution in [0.2, 0.25) is 0 Å². The van der Waals surface area contributed by atoms with Crippen molar-refractivity contribution in [3.05, 3.63) is 66.2 Å². The van der Waals surface area contributed by atoms with Gasteiger partial charge in [-0.25, -0.2) is 0 Å². The average Bonchev–Trinajstić information content (AvgIpc) is 2.88. The number of rotatable bonds is 6. The van der Waals surface area contributed by atoms with E-state index in [4.69, 9.17) is 9.47 Å². The van der Waals surface area contributed by atoms with Gasteiger partial charge in [0, 0.05) is 42.9 Å². The van der Waals surface area contributed by atoms with E-state index < -0.39 is 0 Å². The minimum atomic E-state index is -0.0969. The van der Waals surface area contributed by atoms with E-state index in [1.165, 1.54) is 0 Å². The SMILES string of the molecule is CCN(C(=O)C1CCN(C(=O)c2cc(OC)cc(OC)c2)CC1)c1ccc2ccccc2c1. The number of carbonyl (C=O) groups excluding carboxylic acids is 2. The van der Waals surface area contributed by atoms with Crippen LogP contribution in [-0.2, 0) is 4.79 Å². The summed E-state index contributed by atoms with van der Waals surface area (Å²) < 4.78 is 10.6. The lowest BCUT2D eigenvalue weighted by atomic mass is 9.94. The van der Waals surface area contributed by atoms with E-state index in [1.807, 2.05) is 34.9 Å². The molecular formula is C27H30N2O4. The molecule has 0 atom stereocenters. The molecule has 1 aliphatic heterocycles. The number of piperidine rings is 1. The van der Waals surface area contributed by atoms with E-state index in [1.54, 1.807) is 32.4 Å². The first-order valence-corrected chi connectivity index (χ1v) is 11.4. The quantitative estimate of drug-likeness (QED) is 0.548. The number of anilines is 1. The number of methoxy groups -OCH3 is 2. The van der Waals surface area contributed by atoms with E-state index in [-0.39, 0.29) is 17.7 Å². The zero-order valence-corrected chi connectivity index (χ0v) is 19.4. The second-order valence-electron chi connectivity index (χ2n) is 8.28. The van der Waals surface area contributed by atoms with Crippen LogP contribution in [0.3, 0.4) is 0 Å². The van der Waals surface area contributed by atoms with Gasteiger partial charge >= 0.3 is 0 Å². The fourth-order valence-corrected chi connectivity index (χ4v) is 4.47. The lowest BCUT2D eigenvalue weighted by molar-refractivity contribution is -0.123. The highest BCUT2D eigenvalue weighted by molar-refractivity contribution is 5.98. The van der Waals surface area contributed by atoms with Crippen LogP contribution in [0.4, 0.5) is 5.69 Å². The zero-order chi connectivity index (χ0) is 23.4. The van der Waals surface area contributed by atoms with Crippen LogP contribution in [-0.4, -0.2) is 50.6 Å². The van der Waals surface area contributed by atoms with Gasteiger partial charge in [0.15, 0.2) is 0 Å². The first-order chi connectivity index (χ1) is 16.0. The average molecular weight is 447 g/mol. The molecular weight excluding hydrogens is 416 g/mol. The molecule has 3 aromatic rings. The molecule has 0 radical (unpaired) electrons. The highest BCUT2D eigenvalue weighted by Gasteiger charge is 2.31. The Bertz CT molecular complexity index is 1130. The van der Waals surface area contributed by atoms with E-state index in [9.17, 15) is 9.59 Å². The summed E-state index contributed by atoms with van der Waals surface area (Å²) in [5.41, 5.74) is 1.45. The van der Waals surface area contributed by atoms with Crippen LogP contribution in [0.1, 0.15) is 30.1 Å². The molecule has 33 heavy (non-hydrogen) atoms. The summed E-state index contributed by atoms with van der Waals surface area (Å²) >= 11 is 0. The third-order valence-corrected chi connectivity index (χ3v) is 6.36. The monoisotopic (exact) mass is 446 g/mol. The predicted molar refractivity (Wildman–Crippen MR) is 130 cm³/mol. The zero-order valence-electron chi connectivity index (χ0n) is 19.4. The van der Waals surface area contributed by atoms with Gasteiger partial charge < -0.3 is 19.3 Å². The molecule has 6 heteroatoms. The molecule has 0 aromatic heterocycles. The molecule has 0 bridgehead atoms. The highest BCUT2D eigenvalue weighted by Crippen LogP contribution is 2.28. The molecule has 172 valence electrons. The third kappa shape index (κ3) is 4.80. The summed E-state index contributed by atoms with van der Waals surface area (Å²) in [7, 11) is 3.13. The number of amides is 2. The molecule has 1 fully saturated rings. The van der Waals surface area contributed by atoms with Gasteiger partial charge in [-0.2, -0.15) is 0 Å². The minimum absolute atomic E-state index is 0.0695. The number of hydrogen-bond acceptors (Lipinski definition) is 4. The van der Waals surface area contributed by atoms with Crippen LogP contribution in [0, 0.1) is 5.92 Å². The fourth-order valence-electron chi connectivity index (χ4n) is 4.47. The largest absolute Gasteiger partial charge is 0.497 e. The lowest BCUT2D eigenvalue weighted by Crippen LogP contribution is -2.44. The number of fused-ring (bicyclic) bond motifs is 1. The Balaban J connectivity index is 1.44. The van der Waals surface area contributed by atoms with Crippen molar-refractivity contribution in [2.75, 3.05) is 38.8 Å². The Morgan fingerprint density at radius 3 is 2.15 bits per heavy atom. The van der Waals surface area contributed by atoms with Gasteiger partial charge in [-0.1, -0.05) is 30.3 Å². The molecule has 6 nitrogen and oxygen atoms in total. The van der Waals surface area contributed by atoms with E-state index >= 15 is 0 Å². The molecule has 0 spiro atoms. The third-order valence-electron chi connectivity index (χ3n) is 6.36. The number of nitrogens with zero attached hydrogens (tertiary/aromatic N) is 2. The fraction of sp³-hybridized carbons (Fsp3) is 0.333. The van der Waals surface area contributed by atoms with E-state index in [0.717, 1.165) is 16.5 Å². The first kappa shape index (κ1) is 22.6. The highest BCUT2D eigenvalue weighted by atomic mass is 16.5. The van der Waals surface area contributed by atoms with Gasteiger partial charge in [0.25, 0.3) is 5.91 Å². The van der Waals surface area contributed by atoms with Crippen molar-refractivity contribution < 1.29 is 19.1 Å². The van der Waals surface area contributed by atoms with E-state index in [0.29, 0.717) is 49.5 Å². The van der Waals surface area contributed by atoms with Crippen LogP contribution >= 0.6 is 0 Å². The van der Waals surface area contributed by atoms with Crippen LogP contribution in [0.15, 0.2) is 60.7 Å². The summed E-state index contributed by atoms with van der Waals surface area (Å²) in [6.07, 6.45) is 1.30. The van der Waals surface area contributed by atoms with Gasteiger partial charge in [-0.15, -0.1) is 0 Å². The molecule has 0 unspecified atom stereocenters. The van der Waals surface area contributed by atoms with Crippen molar-refractivity contribution in [3.8, 4) is 11.5 Å². The van der Waals surface area contributed by atoms with Crippen molar-refractivity contribution in [1.82, 2.24) is 4.90 Å². The molecule has 2 amide bonds. The predicted octanol–water partition coefficient (Wildman–Crippen LogP) is 4.76. The van der Waals surface area contributed by atoms with E-state index in [2.05, 4.69) is 24.3 Å². The maximum absolute atomic E-state index is 13.4. The standard InChI is InChI=1S/C27H30N2O4/c1-4-29(23-10-9-19-7-5-6-8-21(19)15-23)27(31)20-11-13-28(14-12-20)26(30)22-16-24(32-2)18-25(17-22)33-3/h5-10,15-18,20H,4,11-14H2,1-3H3. The summed E-state index contributed by atoms with van der Waals surface area (Å²) in [4.78, 5) is 30.1. The van der Waals surface area contributed by atoms with Gasteiger partial charge in [0.1, 0.15) is 11.5 Å². The lowest BCUT2D eigenvalue weighted by Gasteiger charge is -2.34. The molecule has 0 aliphatic carbocycles. The smallest absolute Gasteiger partial charge is 0.254 e. The van der Waals surface area contributed by atoms with Gasteiger partial charge in [-0.05, 0) is 54.8 Å². The molecule has 4 rings (SSSR count). The Kier molecular flexibility index (Phi) is 6.82. The van der Waals surface area contributed by atoms with Crippen LogP contribution in [0.5, 0.6) is 11.5 Å². The second kappa shape index (κ2) is 9.94. The van der Waals surface area contributed by atoms with Gasteiger partial charge in [0.05, 0.1) is 14.2 Å². The number of ether oxygens (including phenoxy) is 2. The molecule has 1 heterocycles. The van der Waals surface area contributed by atoms with Crippen molar-refractivity contribution in [2.24, 2.45) is 5.92 Å². The van der Waals surface area contributed by atoms with Gasteiger partial charge in [0.2, 0.25) is 5.91 Å². The normalized spacial score (nSPS) is 14.2. The first-order valence-electron chi connectivity index (χ1n) is 11.4. The summed E-state index contributed by atoms with van der Waals surface area (Å²) in [5, 5.41) is 2.28. The summed E-state index contributed by atoms with van der Waals surface area (Å²) in [6.45, 7) is 3.70. The molecule has 1 aliphatic rings. The minimum Gasteiger partial charge on any atom is -0.497 e. The maximum Gasteiger partial charge on any atom is 0.254 e. The molecule has 0 N–H and O–H groups in total. The molecule has 1 saturated heterocycles. The number of carbonyl (C=O) groups is 2. The Hall–Kier alpha value is -3.54. The van der Waals surface area contributed by atoms with Crippen molar-refractivity contribution in [2.45, 2.75) is 19.8 Å². The van der Waals surface area contributed by atoms with Crippen LogP contribution < -0.4 is 14.4 Å². The topological polar surface area (TPSA) is 59.1 Å². The summed E-state index contributed by atoms with van der Waals surface area (Å²) in [6, 6.07) is 19.5. The number of likely N-dealkylation sites (tertiary alicyclic amines) is 1.